The summed E-state index contributed by atoms with van der Waals surface area (Å²) in [6, 6.07) is 16.5. The van der Waals surface area contributed by atoms with Gasteiger partial charge in [0.05, 0.1) is 7.11 Å². The summed E-state index contributed by atoms with van der Waals surface area (Å²) in [5.41, 5.74) is 2.29. The number of benzene rings is 2. The van der Waals surface area contributed by atoms with Gasteiger partial charge >= 0.3 is 0 Å². The van der Waals surface area contributed by atoms with Crippen molar-refractivity contribution in [2.24, 2.45) is 0 Å². The molecule has 0 saturated carbocycles. The van der Waals surface area contributed by atoms with Crippen LogP contribution in [-0.4, -0.2) is 13.2 Å². The predicted molar refractivity (Wildman–Crippen MR) is 85.7 cm³/mol. The van der Waals surface area contributed by atoms with Crippen LogP contribution in [0.25, 0.3) is 0 Å². The first-order valence-corrected chi connectivity index (χ1v) is 7.26. The summed E-state index contributed by atoms with van der Waals surface area (Å²) in [4.78, 5) is 0. The highest BCUT2D eigenvalue weighted by atomic mass is 16.5. The summed E-state index contributed by atoms with van der Waals surface area (Å²) < 4.78 is 11.2. The molecule has 0 heterocycles. The normalized spacial score (nSPS) is 10.7. The molecule has 0 aliphatic rings. The number of methoxy groups -OCH3 is 1. The van der Waals surface area contributed by atoms with Gasteiger partial charge in [0.15, 0.2) is 0 Å². The maximum Gasteiger partial charge on any atom is 0.125 e. The molecule has 0 aliphatic carbocycles. The van der Waals surface area contributed by atoms with E-state index in [1.807, 2.05) is 36.4 Å². The first-order valence-electron chi connectivity index (χ1n) is 7.26. The minimum Gasteiger partial charge on any atom is -0.496 e. The molecule has 112 valence electrons. The molecule has 2 aromatic carbocycles. The summed E-state index contributed by atoms with van der Waals surface area (Å²) in [6.07, 6.45) is 0. The van der Waals surface area contributed by atoms with Crippen molar-refractivity contribution in [1.29, 1.82) is 0 Å². The van der Waals surface area contributed by atoms with Gasteiger partial charge in [-0.1, -0.05) is 38.1 Å². The van der Waals surface area contributed by atoms with Crippen LogP contribution in [0.2, 0.25) is 0 Å². The molecule has 0 amide bonds. The molecular formula is C18H23NO2. The largest absolute Gasteiger partial charge is 0.496 e. The van der Waals surface area contributed by atoms with Crippen molar-refractivity contribution in [2.75, 3.05) is 7.11 Å². The van der Waals surface area contributed by atoms with Crippen molar-refractivity contribution in [3.05, 3.63) is 59.7 Å². The summed E-state index contributed by atoms with van der Waals surface area (Å²) in [7, 11) is 1.69. The minimum absolute atomic E-state index is 0.469. The molecule has 0 fully saturated rings. The molecule has 1 N–H and O–H groups in total. The van der Waals surface area contributed by atoms with Gasteiger partial charge in [-0.2, -0.15) is 0 Å². The topological polar surface area (TPSA) is 30.5 Å². The Balaban J connectivity index is 2.06. The minimum atomic E-state index is 0.469. The van der Waals surface area contributed by atoms with Crippen LogP contribution in [-0.2, 0) is 13.2 Å². The Morgan fingerprint density at radius 3 is 2.48 bits per heavy atom. The van der Waals surface area contributed by atoms with Gasteiger partial charge in [0.2, 0.25) is 0 Å². The average Bonchev–Trinajstić information content (AvgIpc) is 2.52. The Bertz CT molecular complexity index is 552. The number of ether oxygens (including phenoxy) is 2. The Morgan fingerprint density at radius 1 is 1.05 bits per heavy atom. The van der Waals surface area contributed by atoms with Crippen LogP contribution < -0.4 is 14.8 Å². The maximum absolute atomic E-state index is 5.81. The van der Waals surface area contributed by atoms with E-state index in [-0.39, 0.29) is 0 Å². The summed E-state index contributed by atoms with van der Waals surface area (Å²) >= 11 is 0. The van der Waals surface area contributed by atoms with Gasteiger partial charge in [-0.05, 0) is 29.8 Å². The molecule has 2 rings (SSSR count). The molecule has 0 bridgehead atoms. The monoisotopic (exact) mass is 285 g/mol. The van der Waals surface area contributed by atoms with Crippen LogP contribution in [0.5, 0.6) is 11.5 Å². The van der Waals surface area contributed by atoms with E-state index in [1.165, 1.54) is 5.56 Å². The van der Waals surface area contributed by atoms with Gasteiger partial charge in [0.1, 0.15) is 18.1 Å². The fourth-order valence-electron chi connectivity index (χ4n) is 2.05. The average molecular weight is 285 g/mol. The van der Waals surface area contributed by atoms with Gasteiger partial charge < -0.3 is 14.8 Å². The number of nitrogens with one attached hydrogen (secondary N) is 1. The van der Waals surface area contributed by atoms with E-state index in [2.05, 4.69) is 31.3 Å². The molecule has 3 heteroatoms. The molecule has 3 nitrogen and oxygen atoms in total. The van der Waals surface area contributed by atoms with Crippen LogP contribution in [0.15, 0.2) is 48.5 Å². The molecular weight excluding hydrogens is 262 g/mol. The second-order valence-electron chi connectivity index (χ2n) is 5.28. The molecule has 21 heavy (non-hydrogen) atoms. The third kappa shape index (κ3) is 4.80. The number of hydrogen-bond donors (Lipinski definition) is 1. The summed E-state index contributed by atoms with van der Waals surface area (Å²) in [6.45, 7) is 5.63. The lowest BCUT2D eigenvalue weighted by molar-refractivity contribution is 0.296. The molecule has 0 atom stereocenters. The molecule has 0 saturated heterocycles. The van der Waals surface area contributed by atoms with Gasteiger partial charge in [0, 0.05) is 18.2 Å². The van der Waals surface area contributed by atoms with Crippen molar-refractivity contribution < 1.29 is 9.47 Å². The number of para-hydroxylation sites is 1. The zero-order chi connectivity index (χ0) is 15.1. The summed E-state index contributed by atoms with van der Waals surface area (Å²) in [5, 5.41) is 3.42. The number of hydrogen-bond acceptors (Lipinski definition) is 3. The molecule has 0 radical (unpaired) electrons. The highest BCUT2D eigenvalue weighted by molar-refractivity contribution is 5.37. The Labute approximate surface area is 126 Å². The third-order valence-corrected chi connectivity index (χ3v) is 3.20. The van der Waals surface area contributed by atoms with Gasteiger partial charge in [-0.25, -0.2) is 0 Å². The van der Waals surface area contributed by atoms with Crippen molar-refractivity contribution in [2.45, 2.75) is 33.0 Å². The van der Waals surface area contributed by atoms with E-state index in [0.717, 1.165) is 23.6 Å². The van der Waals surface area contributed by atoms with Crippen LogP contribution >= 0.6 is 0 Å². The second kappa shape index (κ2) is 7.70. The van der Waals surface area contributed by atoms with E-state index in [0.29, 0.717) is 12.6 Å². The highest BCUT2D eigenvalue weighted by Gasteiger charge is 2.06. The van der Waals surface area contributed by atoms with Gasteiger partial charge in [-0.3, -0.25) is 0 Å². The molecule has 0 unspecified atom stereocenters. The van der Waals surface area contributed by atoms with E-state index in [9.17, 15) is 0 Å². The Morgan fingerprint density at radius 2 is 1.81 bits per heavy atom. The molecule has 0 spiro atoms. The Kier molecular flexibility index (Phi) is 5.64. The first kappa shape index (κ1) is 15.4. The Hall–Kier alpha value is -2.00. The van der Waals surface area contributed by atoms with E-state index >= 15 is 0 Å². The van der Waals surface area contributed by atoms with Crippen LogP contribution in [0.4, 0.5) is 0 Å². The van der Waals surface area contributed by atoms with E-state index in [1.54, 1.807) is 7.11 Å². The SMILES string of the molecule is COc1ccc(CNC(C)C)cc1COc1ccccc1. The van der Waals surface area contributed by atoms with Crippen molar-refractivity contribution in [3.8, 4) is 11.5 Å². The first-order chi connectivity index (χ1) is 10.2. The van der Waals surface area contributed by atoms with Crippen molar-refractivity contribution in [3.63, 3.8) is 0 Å². The van der Waals surface area contributed by atoms with Crippen LogP contribution in [0.3, 0.4) is 0 Å². The third-order valence-electron chi connectivity index (χ3n) is 3.20. The van der Waals surface area contributed by atoms with Gasteiger partial charge in [-0.15, -0.1) is 0 Å². The zero-order valence-corrected chi connectivity index (χ0v) is 12.9. The lowest BCUT2D eigenvalue weighted by Crippen LogP contribution is -2.21. The smallest absolute Gasteiger partial charge is 0.125 e. The molecule has 0 aromatic heterocycles. The predicted octanol–water partition coefficient (Wildman–Crippen LogP) is 3.77. The fraction of sp³-hybridized carbons (Fsp3) is 0.333. The fourth-order valence-corrected chi connectivity index (χ4v) is 2.05. The standard InChI is InChI=1S/C18H23NO2/c1-14(2)19-12-15-9-10-18(20-3)16(11-15)13-21-17-7-5-4-6-8-17/h4-11,14,19H,12-13H2,1-3H3. The lowest BCUT2D eigenvalue weighted by atomic mass is 10.1. The second-order valence-corrected chi connectivity index (χ2v) is 5.28. The van der Waals surface area contributed by atoms with Gasteiger partial charge in [0.25, 0.3) is 0 Å². The molecule has 2 aromatic rings. The van der Waals surface area contributed by atoms with E-state index < -0.39 is 0 Å². The zero-order valence-electron chi connectivity index (χ0n) is 12.9. The highest BCUT2D eigenvalue weighted by Crippen LogP contribution is 2.22. The van der Waals surface area contributed by atoms with Crippen LogP contribution in [0.1, 0.15) is 25.0 Å². The maximum atomic E-state index is 5.81. The van der Waals surface area contributed by atoms with E-state index in [4.69, 9.17) is 9.47 Å². The molecule has 0 aliphatic heterocycles. The lowest BCUT2D eigenvalue weighted by Gasteiger charge is -2.13. The van der Waals surface area contributed by atoms with Crippen LogP contribution in [0, 0.1) is 0 Å². The quantitative estimate of drug-likeness (QED) is 0.840. The summed E-state index contributed by atoms with van der Waals surface area (Å²) in [5.74, 6) is 1.73. The number of rotatable bonds is 7. The van der Waals surface area contributed by atoms with Crippen molar-refractivity contribution in [1.82, 2.24) is 5.32 Å². The van der Waals surface area contributed by atoms with Crippen molar-refractivity contribution >= 4 is 0 Å².